The Balaban J connectivity index is 1.56. The molecular weight excluding hydrogens is 228 g/mol. The first-order valence-corrected chi connectivity index (χ1v) is 7.68. The summed E-state index contributed by atoms with van der Waals surface area (Å²) in [7, 11) is 0. The molecule has 0 spiro atoms. The topological polar surface area (TPSA) is 15.3 Å². The van der Waals surface area contributed by atoms with Crippen molar-refractivity contribution in [2.24, 2.45) is 11.8 Å². The van der Waals surface area contributed by atoms with Gasteiger partial charge in [-0.05, 0) is 49.2 Å². The Morgan fingerprint density at radius 2 is 2.29 bits per heavy atom. The van der Waals surface area contributed by atoms with Crippen molar-refractivity contribution in [3.05, 3.63) is 22.4 Å². The molecule has 1 saturated heterocycles. The van der Waals surface area contributed by atoms with Crippen molar-refractivity contribution < 1.29 is 0 Å². The van der Waals surface area contributed by atoms with E-state index in [1.165, 1.54) is 43.9 Å². The lowest BCUT2D eigenvalue weighted by Crippen LogP contribution is -2.48. The quantitative estimate of drug-likeness (QED) is 0.835. The summed E-state index contributed by atoms with van der Waals surface area (Å²) < 4.78 is 0. The number of rotatable bonds is 6. The Morgan fingerprint density at radius 1 is 1.47 bits per heavy atom. The minimum Gasteiger partial charge on any atom is -0.316 e. The molecule has 0 aromatic carbocycles. The summed E-state index contributed by atoms with van der Waals surface area (Å²) >= 11 is 1.90. The van der Waals surface area contributed by atoms with Gasteiger partial charge in [-0.3, -0.25) is 4.90 Å². The van der Waals surface area contributed by atoms with Crippen LogP contribution in [-0.4, -0.2) is 30.6 Å². The van der Waals surface area contributed by atoms with Crippen molar-refractivity contribution >= 4 is 11.3 Å². The Kier molecular flexibility index (Phi) is 3.50. The molecule has 1 aliphatic heterocycles. The van der Waals surface area contributed by atoms with E-state index in [9.17, 15) is 0 Å². The molecule has 1 aromatic rings. The molecule has 2 heterocycles. The van der Waals surface area contributed by atoms with Crippen molar-refractivity contribution in [1.82, 2.24) is 10.2 Å². The maximum atomic E-state index is 3.39. The largest absolute Gasteiger partial charge is 0.316 e. The first-order valence-electron chi connectivity index (χ1n) is 6.80. The number of hydrogen-bond acceptors (Lipinski definition) is 3. The van der Waals surface area contributed by atoms with Crippen LogP contribution in [0.2, 0.25) is 0 Å². The molecule has 2 fully saturated rings. The Bertz CT molecular complexity index is 341. The van der Waals surface area contributed by atoms with Crippen LogP contribution >= 0.6 is 11.3 Å². The SMILES string of the molecule is CC(CN(Cc1cccs1)C1CC1)C1CNC1. The van der Waals surface area contributed by atoms with Crippen LogP contribution in [0, 0.1) is 11.8 Å². The van der Waals surface area contributed by atoms with Gasteiger partial charge in [0.05, 0.1) is 0 Å². The molecule has 3 heteroatoms. The molecule has 94 valence electrons. The number of nitrogens with one attached hydrogen (secondary N) is 1. The second-order valence-electron chi connectivity index (χ2n) is 5.64. The molecule has 0 bridgehead atoms. The average molecular weight is 250 g/mol. The van der Waals surface area contributed by atoms with E-state index in [0.29, 0.717) is 0 Å². The van der Waals surface area contributed by atoms with Gasteiger partial charge in [0, 0.05) is 24.0 Å². The summed E-state index contributed by atoms with van der Waals surface area (Å²) in [4.78, 5) is 4.24. The molecule has 1 saturated carbocycles. The molecule has 3 rings (SSSR count). The van der Waals surface area contributed by atoms with Crippen molar-refractivity contribution in [1.29, 1.82) is 0 Å². The van der Waals surface area contributed by atoms with Crippen molar-refractivity contribution in [2.75, 3.05) is 19.6 Å². The predicted octanol–water partition coefficient (Wildman–Crippen LogP) is 2.57. The fourth-order valence-corrected chi connectivity index (χ4v) is 3.35. The molecule has 1 atom stereocenters. The Morgan fingerprint density at radius 3 is 2.82 bits per heavy atom. The van der Waals surface area contributed by atoms with Crippen LogP contribution in [0.25, 0.3) is 0 Å². The van der Waals surface area contributed by atoms with Gasteiger partial charge >= 0.3 is 0 Å². The lowest BCUT2D eigenvalue weighted by Gasteiger charge is -2.36. The normalized spacial score (nSPS) is 22.7. The summed E-state index contributed by atoms with van der Waals surface area (Å²) in [6.07, 6.45) is 2.84. The minimum atomic E-state index is 0.844. The van der Waals surface area contributed by atoms with Gasteiger partial charge in [0.1, 0.15) is 0 Å². The van der Waals surface area contributed by atoms with E-state index < -0.39 is 0 Å². The van der Waals surface area contributed by atoms with E-state index >= 15 is 0 Å². The molecular formula is C14H22N2S. The average Bonchev–Trinajstić information content (AvgIpc) is 2.95. The number of nitrogens with zero attached hydrogens (tertiary/aromatic N) is 1. The predicted molar refractivity (Wildman–Crippen MR) is 73.3 cm³/mol. The van der Waals surface area contributed by atoms with Gasteiger partial charge < -0.3 is 5.32 Å². The summed E-state index contributed by atoms with van der Waals surface area (Å²) in [5.41, 5.74) is 0. The van der Waals surface area contributed by atoms with Gasteiger partial charge in [0.15, 0.2) is 0 Å². The summed E-state index contributed by atoms with van der Waals surface area (Å²) in [6, 6.07) is 5.33. The van der Waals surface area contributed by atoms with Gasteiger partial charge in [-0.15, -0.1) is 11.3 Å². The third-order valence-electron chi connectivity index (χ3n) is 4.14. The molecule has 2 nitrogen and oxygen atoms in total. The molecule has 1 aliphatic carbocycles. The molecule has 17 heavy (non-hydrogen) atoms. The van der Waals surface area contributed by atoms with Crippen LogP contribution in [0.5, 0.6) is 0 Å². The monoisotopic (exact) mass is 250 g/mol. The van der Waals surface area contributed by atoms with Crippen molar-refractivity contribution in [2.45, 2.75) is 32.4 Å². The van der Waals surface area contributed by atoms with Crippen LogP contribution in [0.3, 0.4) is 0 Å². The maximum absolute atomic E-state index is 3.39. The first kappa shape index (κ1) is 11.7. The van der Waals surface area contributed by atoms with Crippen LogP contribution < -0.4 is 5.32 Å². The van der Waals surface area contributed by atoms with E-state index in [1.54, 1.807) is 0 Å². The van der Waals surface area contributed by atoms with Crippen molar-refractivity contribution in [3.63, 3.8) is 0 Å². The van der Waals surface area contributed by atoms with Crippen LogP contribution in [0.15, 0.2) is 17.5 Å². The summed E-state index contributed by atoms with van der Waals surface area (Å²) in [5.74, 6) is 1.76. The highest BCUT2D eigenvalue weighted by Gasteiger charge is 2.32. The first-order chi connectivity index (χ1) is 8.33. The molecule has 1 aromatic heterocycles. The standard InChI is InChI=1S/C14H22N2S/c1-11(12-7-15-8-12)9-16(13-4-5-13)10-14-3-2-6-17-14/h2-3,6,11-13,15H,4-5,7-10H2,1H3. The van der Waals surface area contributed by atoms with E-state index in [-0.39, 0.29) is 0 Å². The van der Waals surface area contributed by atoms with Gasteiger partial charge in [0.25, 0.3) is 0 Å². The summed E-state index contributed by atoms with van der Waals surface area (Å²) in [6.45, 7) is 7.36. The molecule has 1 N–H and O–H groups in total. The van der Waals surface area contributed by atoms with E-state index in [1.807, 2.05) is 11.3 Å². The van der Waals surface area contributed by atoms with E-state index in [2.05, 4.69) is 34.7 Å². The second kappa shape index (κ2) is 5.09. The molecule has 2 aliphatic rings. The fraction of sp³-hybridized carbons (Fsp3) is 0.714. The number of hydrogen-bond donors (Lipinski definition) is 1. The lowest BCUT2D eigenvalue weighted by atomic mass is 9.88. The van der Waals surface area contributed by atoms with Gasteiger partial charge in [-0.25, -0.2) is 0 Å². The van der Waals surface area contributed by atoms with Crippen LogP contribution in [-0.2, 0) is 6.54 Å². The van der Waals surface area contributed by atoms with Crippen molar-refractivity contribution in [3.8, 4) is 0 Å². The second-order valence-corrected chi connectivity index (χ2v) is 6.67. The highest BCUT2D eigenvalue weighted by Crippen LogP contribution is 2.31. The molecule has 0 radical (unpaired) electrons. The van der Waals surface area contributed by atoms with E-state index in [4.69, 9.17) is 0 Å². The van der Waals surface area contributed by atoms with Crippen LogP contribution in [0.4, 0.5) is 0 Å². The zero-order valence-corrected chi connectivity index (χ0v) is 11.4. The van der Waals surface area contributed by atoms with Gasteiger partial charge in [-0.1, -0.05) is 13.0 Å². The highest BCUT2D eigenvalue weighted by molar-refractivity contribution is 7.09. The molecule has 0 amide bonds. The van der Waals surface area contributed by atoms with Crippen LogP contribution in [0.1, 0.15) is 24.6 Å². The minimum absolute atomic E-state index is 0.844. The number of thiophene rings is 1. The highest BCUT2D eigenvalue weighted by atomic mass is 32.1. The third-order valence-corrected chi connectivity index (χ3v) is 5.00. The Hall–Kier alpha value is -0.380. The fourth-order valence-electron chi connectivity index (χ4n) is 2.62. The van der Waals surface area contributed by atoms with Gasteiger partial charge in [-0.2, -0.15) is 0 Å². The summed E-state index contributed by atoms with van der Waals surface area (Å²) in [5, 5.41) is 5.58. The smallest absolute Gasteiger partial charge is 0.0330 e. The molecule has 1 unspecified atom stereocenters. The van der Waals surface area contributed by atoms with Gasteiger partial charge in [0.2, 0.25) is 0 Å². The lowest BCUT2D eigenvalue weighted by molar-refractivity contribution is 0.156. The Labute approximate surface area is 108 Å². The zero-order valence-electron chi connectivity index (χ0n) is 10.6. The third kappa shape index (κ3) is 2.90. The maximum Gasteiger partial charge on any atom is 0.0330 e. The zero-order chi connectivity index (χ0) is 11.7. The van der Waals surface area contributed by atoms with E-state index in [0.717, 1.165) is 17.9 Å².